The fraction of sp³-hybridized carbons (Fsp3) is 0. The molecular formula is C18H10F3N3O3S. The second-order valence-electron chi connectivity index (χ2n) is 5.41. The maximum absolute atomic E-state index is 14.3. The van der Waals surface area contributed by atoms with Crippen LogP contribution in [0.3, 0.4) is 0 Å². The van der Waals surface area contributed by atoms with Gasteiger partial charge < -0.3 is 4.74 Å². The lowest BCUT2D eigenvalue weighted by Crippen LogP contribution is -2.15. The average molecular weight is 405 g/mol. The van der Waals surface area contributed by atoms with E-state index in [1.807, 2.05) is 4.72 Å². The third-order valence-electron chi connectivity index (χ3n) is 3.46. The fourth-order valence-corrected chi connectivity index (χ4v) is 3.25. The maximum atomic E-state index is 14.3. The summed E-state index contributed by atoms with van der Waals surface area (Å²) in [5.74, 6) is -2.86. The van der Waals surface area contributed by atoms with Gasteiger partial charge >= 0.3 is 0 Å². The van der Waals surface area contributed by atoms with Crippen LogP contribution in [0.4, 0.5) is 19.0 Å². The lowest BCUT2D eigenvalue weighted by molar-refractivity contribution is 0.468. The van der Waals surface area contributed by atoms with E-state index in [2.05, 4.69) is 4.98 Å². The predicted molar refractivity (Wildman–Crippen MR) is 92.6 cm³/mol. The van der Waals surface area contributed by atoms with Gasteiger partial charge in [0.25, 0.3) is 10.0 Å². The van der Waals surface area contributed by atoms with E-state index in [-0.39, 0.29) is 22.9 Å². The van der Waals surface area contributed by atoms with Crippen LogP contribution >= 0.6 is 0 Å². The number of benzene rings is 2. The summed E-state index contributed by atoms with van der Waals surface area (Å²) in [4.78, 5) is 2.86. The molecule has 0 unspecified atom stereocenters. The average Bonchev–Trinajstić information content (AvgIpc) is 2.63. The predicted octanol–water partition coefficient (Wildman–Crippen LogP) is 3.96. The zero-order chi connectivity index (χ0) is 20.3. The molecule has 0 bridgehead atoms. The van der Waals surface area contributed by atoms with Crippen molar-refractivity contribution < 1.29 is 26.3 Å². The van der Waals surface area contributed by atoms with Gasteiger partial charge in [-0.3, -0.25) is 4.72 Å². The summed E-state index contributed by atoms with van der Waals surface area (Å²) in [6.07, 6.45) is 0.807. The van der Waals surface area contributed by atoms with E-state index in [1.165, 1.54) is 18.2 Å². The van der Waals surface area contributed by atoms with E-state index in [4.69, 9.17) is 10.00 Å². The summed E-state index contributed by atoms with van der Waals surface area (Å²) in [5, 5.41) is 8.70. The lowest BCUT2D eigenvalue weighted by atomic mass is 10.2. The van der Waals surface area contributed by atoms with Crippen molar-refractivity contribution in [1.82, 2.24) is 4.98 Å². The van der Waals surface area contributed by atoms with Gasteiger partial charge in [-0.2, -0.15) is 5.26 Å². The molecule has 10 heteroatoms. The van der Waals surface area contributed by atoms with Crippen molar-refractivity contribution in [2.45, 2.75) is 4.90 Å². The second-order valence-corrected chi connectivity index (χ2v) is 7.07. The first-order chi connectivity index (χ1) is 13.3. The van der Waals surface area contributed by atoms with Crippen LogP contribution in [0.5, 0.6) is 11.5 Å². The molecule has 0 spiro atoms. The third kappa shape index (κ3) is 4.21. The van der Waals surface area contributed by atoms with Crippen LogP contribution in [0.2, 0.25) is 0 Å². The van der Waals surface area contributed by atoms with Crippen LogP contribution < -0.4 is 9.46 Å². The molecule has 1 aromatic heterocycles. The van der Waals surface area contributed by atoms with E-state index < -0.39 is 32.4 Å². The van der Waals surface area contributed by atoms with E-state index in [0.717, 1.165) is 36.5 Å². The highest BCUT2D eigenvalue weighted by atomic mass is 32.2. The van der Waals surface area contributed by atoms with Gasteiger partial charge in [-0.05, 0) is 36.4 Å². The van der Waals surface area contributed by atoms with Crippen LogP contribution in [0.1, 0.15) is 5.56 Å². The molecule has 0 aliphatic heterocycles. The summed E-state index contributed by atoms with van der Waals surface area (Å²) in [6.45, 7) is 0. The first kappa shape index (κ1) is 19.2. The molecule has 0 amide bonds. The number of anilines is 1. The van der Waals surface area contributed by atoms with Crippen LogP contribution in [-0.4, -0.2) is 13.4 Å². The summed E-state index contributed by atoms with van der Waals surface area (Å²) >= 11 is 0. The maximum Gasteiger partial charge on any atom is 0.265 e. The monoisotopic (exact) mass is 405 g/mol. The smallest absolute Gasteiger partial charge is 0.265 e. The first-order valence-electron chi connectivity index (χ1n) is 7.60. The van der Waals surface area contributed by atoms with Crippen molar-refractivity contribution in [2.75, 3.05) is 4.72 Å². The Morgan fingerprint density at radius 3 is 2.21 bits per heavy atom. The van der Waals surface area contributed by atoms with Crippen molar-refractivity contribution in [3.8, 4) is 17.6 Å². The molecule has 1 heterocycles. The zero-order valence-corrected chi connectivity index (χ0v) is 14.7. The third-order valence-corrected chi connectivity index (χ3v) is 4.84. The molecule has 0 radical (unpaired) electrons. The van der Waals surface area contributed by atoms with Crippen molar-refractivity contribution in [1.29, 1.82) is 5.26 Å². The molecule has 0 aliphatic carbocycles. The van der Waals surface area contributed by atoms with Crippen LogP contribution in [0, 0.1) is 28.8 Å². The number of aromatic nitrogens is 1. The Kier molecular flexibility index (Phi) is 5.19. The zero-order valence-electron chi connectivity index (χ0n) is 13.9. The van der Waals surface area contributed by atoms with Crippen LogP contribution in [-0.2, 0) is 10.0 Å². The van der Waals surface area contributed by atoms with Crippen LogP contribution in [0.25, 0.3) is 0 Å². The number of pyridine rings is 1. The van der Waals surface area contributed by atoms with Crippen molar-refractivity contribution >= 4 is 15.8 Å². The van der Waals surface area contributed by atoms with E-state index in [9.17, 15) is 21.6 Å². The Morgan fingerprint density at radius 1 is 0.964 bits per heavy atom. The van der Waals surface area contributed by atoms with Gasteiger partial charge in [-0.25, -0.2) is 26.6 Å². The van der Waals surface area contributed by atoms with Gasteiger partial charge in [0.1, 0.15) is 45.7 Å². The number of sulfonamides is 1. The Balaban J connectivity index is 1.82. The Morgan fingerprint density at radius 2 is 1.64 bits per heavy atom. The highest BCUT2D eigenvalue weighted by Crippen LogP contribution is 2.27. The summed E-state index contributed by atoms with van der Waals surface area (Å²) in [5.41, 5.74) is -0.180. The van der Waals surface area contributed by atoms with E-state index in [0.29, 0.717) is 0 Å². The van der Waals surface area contributed by atoms with E-state index in [1.54, 1.807) is 6.07 Å². The van der Waals surface area contributed by atoms with Crippen molar-refractivity contribution in [3.05, 3.63) is 77.7 Å². The summed E-state index contributed by atoms with van der Waals surface area (Å²) < 4.78 is 72.6. The molecule has 0 aliphatic rings. The normalized spacial score (nSPS) is 10.9. The molecule has 0 fully saturated rings. The molecule has 3 aromatic rings. The fourth-order valence-electron chi connectivity index (χ4n) is 2.18. The van der Waals surface area contributed by atoms with Gasteiger partial charge in [0.15, 0.2) is 0 Å². The molecule has 1 N–H and O–H groups in total. The molecule has 2 aromatic carbocycles. The number of rotatable bonds is 5. The largest absolute Gasteiger partial charge is 0.457 e. The van der Waals surface area contributed by atoms with Gasteiger partial charge in [0, 0.05) is 12.1 Å². The molecule has 0 saturated carbocycles. The quantitative estimate of drug-likeness (QED) is 0.694. The lowest BCUT2D eigenvalue weighted by Gasteiger charge is -2.10. The number of ether oxygens (including phenoxy) is 1. The summed E-state index contributed by atoms with van der Waals surface area (Å²) in [6, 6.07) is 10.1. The highest BCUT2D eigenvalue weighted by Gasteiger charge is 2.20. The Bertz CT molecular complexity index is 1180. The van der Waals surface area contributed by atoms with Gasteiger partial charge in [0.05, 0.1) is 11.8 Å². The standard InChI is InChI=1S/C18H10F3N3O3S/c19-12-2-6-18(23-10-12)24-28(25,26)17-5-4-14(8-16(17)21)27-13-3-1-11(9-22)15(20)7-13/h1-8,10H,(H,23,24). The van der Waals surface area contributed by atoms with Gasteiger partial charge in [-0.15, -0.1) is 0 Å². The number of nitrogens with zero attached hydrogens (tertiary/aromatic N) is 2. The first-order valence-corrected chi connectivity index (χ1v) is 9.08. The Hall–Kier alpha value is -3.58. The number of nitriles is 1. The summed E-state index contributed by atoms with van der Waals surface area (Å²) in [7, 11) is -4.32. The van der Waals surface area contributed by atoms with Gasteiger partial charge in [-0.1, -0.05) is 0 Å². The topological polar surface area (TPSA) is 92.1 Å². The minimum atomic E-state index is -4.32. The Labute approximate surface area is 157 Å². The minimum Gasteiger partial charge on any atom is -0.457 e. The number of hydrogen-bond acceptors (Lipinski definition) is 5. The van der Waals surface area contributed by atoms with E-state index >= 15 is 0 Å². The molecule has 28 heavy (non-hydrogen) atoms. The second kappa shape index (κ2) is 7.58. The SMILES string of the molecule is N#Cc1ccc(Oc2ccc(S(=O)(=O)Nc3ccc(F)cn3)c(F)c2)cc1F. The van der Waals surface area contributed by atoms with Crippen LogP contribution in [0.15, 0.2) is 59.6 Å². The number of hydrogen-bond donors (Lipinski definition) is 1. The van der Waals surface area contributed by atoms with Crippen molar-refractivity contribution in [2.24, 2.45) is 0 Å². The molecular weight excluding hydrogens is 395 g/mol. The number of nitrogens with one attached hydrogen (secondary N) is 1. The number of halogens is 3. The highest BCUT2D eigenvalue weighted by molar-refractivity contribution is 7.92. The molecule has 0 atom stereocenters. The molecule has 6 nitrogen and oxygen atoms in total. The molecule has 3 rings (SSSR count). The van der Waals surface area contributed by atoms with Gasteiger partial charge in [0.2, 0.25) is 0 Å². The minimum absolute atomic E-state index is 0.000134. The molecule has 0 saturated heterocycles. The van der Waals surface area contributed by atoms with Crippen molar-refractivity contribution in [3.63, 3.8) is 0 Å². The molecule has 142 valence electrons.